The number of carboxylic acid groups (broad SMARTS) is 1. The smallest absolute Gasteiger partial charge is 0.408 e. The van der Waals surface area contributed by atoms with E-state index in [1.54, 1.807) is 6.07 Å². The number of carbonyl (C=O) groups is 1. The Morgan fingerprint density at radius 3 is 2.44 bits per heavy atom. The lowest BCUT2D eigenvalue weighted by atomic mass is 10.3. The van der Waals surface area contributed by atoms with E-state index in [0.717, 1.165) is 0 Å². The van der Waals surface area contributed by atoms with Crippen molar-refractivity contribution in [3.8, 4) is 11.5 Å². The molecule has 16 heavy (non-hydrogen) atoms. The maximum Gasteiger partial charge on any atom is 0.408 e. The summed E-state index contributed by atoms with van der Waals surface area (Å²) < 4.78 is 35.1. The third-order valence-corrected chi connectivity index (χ3v) is 1.69. The van der Waals surface area contributed by atoms with Crippen molar-refractivity contribution in [2.24, 2.45) is 0 Å². The normalized spacial score (nSPS) is 10.9. The van der Waals surface area contributed by atoms with Gasteiger partial charge in [0, 0.05) is 0 Å². The van der Waals surface area contributed by atoms with Gasteiger partial charge in [0.25, 0.3) is 0 Å². The minimum Gasteiger partial charge on any atom is -0.493 e. The number of ether oxygens (including phenoxy) is 2. The second kappa shape index (κ2) is 4.78. The zero-order chi connectivity index (χ0) is 12.2. The first-order chi connectivity index (χ1) is 7.44. The summed E-state index contributed by atoms with van der Waals surface area (Å²) in [6.07, 6.45) is -5.16. The molecule has 1 aromatic rings. The van der Waals surface area contributed by atoms with Crippen molar-refractivity contribution in [1.82, 2.24) is 0 Å². The van der Waals surface area contributed by atoms with Gasteiger partial charge in [0.1, 0.15) is 6.42 Å². The Bertz CT molecular complexity index is 379. The Morgan fingerprint density at radius 1 is 1.38 bits per heavy atom. The zero-order valence-corrected chi connectivity index (χ0v) is 8.44. The summed E-state index contributed by atoms with van der Waals surface area (Å²) >= 11 is 0. The Hall–Kier alpha value is -1.85. The fourth-order valence-electron chi connectivity index (χ4n) is 1.08. The van der Waals surface area contributed by atoms with Crippen LogP contribution in [0.1, 0.15) is 6.42 Å². The molecule has 0 bridgehead atoms. The molecule has 0 heterocycles. The molecule has 0 atom stereocenters. The number of hydrogen-bond donors (Lipinski definition) is 1. The van der Waals surface area contributed by atoms with E-state index in [4.69, 9.17) is 9.84 Å². The summed E-state index contributed by atoms with van der Waals surface area (Å²) in [5.41, 5.74) is 0. The molecule has 0 radical (unpaired) electrons. The van der Waals surface area contributed by atoms with Crippen LogP contribution in [0.3, 0.4) is 0 Å². The molecule has 1 aromatic carbocycles. The minimum atomic E-state index is -3.76. The number of methoxy groups -OCH3 is 1. The van der Waals surface area contributed by atoms with E-state index in [0.29, 0.717) is 0 Å². The lowest BCUT2D eigenvalue weighted by molar-refractivity contribution is -0.192. The highest BCUT2D eigenvalue weighted by Gasteiger charge is 2.35. The van der Waals surface area contributed by atoms with Gasteiger partial charge in [0.05, 0.1) is 7.11 Å². The second-order valence-electron chi connectivity index (χ2n) is 2.96. The average Bonchev–Trinajstić information content (AvgIpc) is 2.15. The molecule has 0 saturated carbocycles. The van der Waals surface area contributed by atoms with E-state index in [-0.39, 0.29) is 11.5 Å². The first kappa shape index (κ1) is 12.2. The standard InChI is InChI=1S/C10H10F2O4/c1-15-7-4-2-3-5-8(7)16-10(11,12)6-9(13)14/h2-5H,6H2,1H3,(H,13,14). The first-order valence-corrected chi connectivity index (χ1v) is 4.36. The molecule has 0 aliphatic carbocycles. The third kappa shape index (κ3) is 3.38. The first-order valence-electron chi connectivity index (χ1n) is 4.36. The molecular formula is C10H10F2O4. The molecule has 4 nitrogen and oxygen atoms in total. The Kier molecular flexibility index (Phi) is 3.65. The van der Waals surface area contributed by atoms with E-state index in [9.17, 15) is 13.6 Å². The molecular weight excluding hydrogens is 222 g/mol. The van der Waals surface area contributed by atoms with Gasteiger partial charge >= 0.3 is 12.1 Å². The lowest BCUT2D eigenvalue weighted by Gasteiger charge is -2.17. The molecule has 0 amide bonds. The summed E-state index contributed by atoms with van der Waals surface area (Å²) in [6.45, 7) is 0. The van der Waals surface area contributed by atoms with Gasteiger partial charge in [-0.25, -0.2) is 0 Å². The van der Waals surface area contributed by atoms with Crippen molar-refractivity contribution >= 4 is 5.97 Å². The molecule has 0 spiro atoms. The quantitative estimate of drug-likeness (QED) is 0.844. The molecule has 0 aliphatic heterocycles. The van der Waals surface area contributed by atoms with E-state index >= 15 is 0 Å². The molecule has 0 saturated heterocycles. The summed E-state index contributed by atoms with van der Waals surface area (Å²) in [4.78, 5) is 10.2. The predicted molar refractivity (Wildman–Crippen MR) is 50.8 cm³/mol. The molecule has 0 unspecified atom stereocenters. The highest BCUT2D eigenvalue weighted by Crippen LogP contribution is 2.32. The van der Waals surface area contributed by atoms with Crippen LogP contribution in [0.2, 0.25) is 0 Å². The second-order valence-corrected chi connectivity index (χ2v) is 2.96. The van der Waals surface area contributed by atoms with Crippen molar-refractivity contribution in [2.45, 2.75) is 12.5 Å². The van der Waals surface area contributed by atoms with Crippen molar-refractivity contribution in [3.63, 3.8) is 0 Å². The molecule has 1 N–H and O–H groups in total. The monoisotopic (exact) mass is 232 g/mol. The summed E-state index contributed by atoms with van der Waals surface area (Å²) in [5.74, 6) is -1.72. The van der Waals surface area contributed by atoms with Crippen molar-refractivity contribution in [3.05, 3.63) is 24.3 Å². The third-order valence-electron chi connectivity index (χ3n) is 1.69. The molecule has 0 fully saturated rings. The number of halogens is 2. The highest BCUT2D eigenvalue weighted by atomic mass is 19.3. The molecule has 0 aliphatic rings. The summed E-state index contributed by atoms with van der Waals surface area (Å²) in [5, 5.41) is 8.26. The van der Waals surface area contributed by atoms with Gasteiger partial charge in [-0.1, -0.05) is 12.1 Å². The van der Waals surface area contributed by atoms with Crippen molar-refractivity contribution in [2.75, 3.05) is 7.11 Å². The maximum absolute atomic E-state index is 13.0. The van der Waals surface area contributed by atoms with Gasteiger partial charge in [-0.2, -0.15) is 8.78 Å². The van der Waals surface area contributed by atoms with E-state index in [1.165, 1.54) is 25.3 Å². The van der Waals surface area contributed by atoms with Crippen molar-refractivity contribution in [1.29, 1.82) is 0 Å². The van der Waals surface area contributed by atoms with E-state index < -0.39 is 18.5 Å². The fourth-order valence-corrected chi connectivity index (χ4v) is 1.08. The zero-order valence-electron chi connectivity index (χ0n) is 8.44. The van der Waals surface area contributed by atoms with Crippen LogP contribution < -0.4 is 9.47 Å². The van der Waals surface area contributed by atoms with Crippen LogP contribution in [0.4, 0.5) is 8.78 Å². The fraction of sp³-hybridized carbons (Fsp3) is 0.300. The van der Waals surface area contributed by atoms with Gasteiger partial charge in [0.2, 0.25) is 0 Å². The van der Waals surface area contributed by atoms with Gasteiger partial charge in [-0.3, -0.25) is 4.79 Å². The van der Waals surface area contributed by atoms with Crippen LogP contribution in [0.15, 0.2) is 24.3 Å². The predicted octanol–water partition coefficient (Wildman–Crippen LogP) is 2.14. The van der Waals surface area contributed by atoms with Crippen LogP contribution >= 0.6 is 0 Å². The van der Waals surface area contributed by atoms with Gasteiger partial charge in [-0.05, 0) is 12.1 Å². The topological polar surface area (TPSA) is 55.8 Å². The number of para-hydroxylation sites is 2. The molecule has 1 rings (SSSR count). The number of alkyl halides is 2. The number of hydrogen-bond acceptors (Lipinski definition) is 3. The van der Waals surface area contributed by atoms with Crippen LogP contribution in [0.5, 0.6) is 11.5 Å². The summed E-state index contributed by atoms with van der Waals surface area (Å²) in [7, 11) is 1.30. The van der Waals surface area contributed by atoms with Gasteiger partial charge in [-0.15, -0.1) is 0 Å². The Morgan fingerprint density at radius 2 is 1.94 bits per heavy atom. The SMILES string of the molecule is COc1ccccc1OC(F)(F)CC(=O)O. The van der Waals surface area contributed by atoms with Crippen molar-refractivity contribution < 1.29 is 28.2 Å². The number of benzene rings is 1. The van der Waals surface area contributed by atoms with E-state index in [1.807, 2.05) is 0 Å². The van der Waals surface area contributed by atoms with Gasteiger partial charge < -0.3 is 14.6 Å². The van der Waals surface area contributed by atoms with Crippen LogP contribution in [-0.2, 0) is 4.79 Å². The molecule has 6 heteroatoms. The largest absolute Gasteiger partial charge is 0.493 e. The Balaban J connectivity index is 2.82. The lowest BCUT2D eigenvalue weighted by Crippen LogP contribution is -2.28. The van der Waals surface area contributed by atoms with Crippen LogP contribution in [0, 0.1) is 0 Å². The molecule has 88 valence electrons. The van der Waals surface area contributed by atoms with Crippen LogP contribution in [0.25, 0.3) is 0 Å². The van der Waals surface area contributed by atoms with Crippen LogP contribution in [-0.4, -0.2) is 24.3 Å². The molecule has 0 aromatic heterocycles. The highest BCUT2D eigenvalue weighted by molar-refractivity contribution is 5.67. The number of rotatable bonds is 5. The van der Waals surface area contributed by atoms with E-state index in [2.05, 4.69) is 4.74 Å². The summed E-state index contributed by atoms with van der Waals surface area (Å²) in [6, 6.07) is 5.77. The number of aliphatic carboxylic acids is 1. The minimum absolute atomic E-state index is 0.118. The average molecular weight is 232 g/mol. The number of carboxylic acids is 1. The Labute approximate surface area is 90.4 Å². The van der Waals surface area contributed by atoms with Gasteiger partial charge in [0.15, 0.2) is 11.5 Å². The maximum atomic E-state index is 13.0.